The number of rotatable bonds is 5. The molecular weight excluding hydrogens is 312 g/mol. The zero-order valence-corrected chi connectivity index (χ0v) is 15.8. The fourth-order valence-electron chi connectivity index (χ4n) is 3.61. The van der Waals surface area contributed by atoms with Gasteiger partial charge >= 0.3 is 6.03 Å². The van der Waals surface area contributed by atoms with Crippen LogP contribution in [0.1, 0.15) is 47.3 Å². The Bertz CT molecular complexity index is 780. The Morgan fingerprint density at radius 3 is 2.68 bits per heavy atom. The molecule has 2 aromatic rings. The van der Waals surface area contributed by atoms with E-state index in [1.54, 1.807) is 0 Å². The van der Waals surface area contributed by atoms with Crippen LogP contribution in [0.2, 0.25) is 0 Å². The van der Waals surface area contributed by atoms with Crippen LogP contribution >= 0.6 is 0 Å². The molecule has 1 aliphatic rings. The van der Waals surface area contributed by atoms with Gasteiger partial charge in [-0.25, -0.2) is 4.79 Å². The van der Waals surface area contributed by atoms with Crippen molar-refractivity contribution < 1.29 is 4.79 Å². The predicted octanol–water partition coefficient (Wildman–Crippen LogP) is 3.13. The number of carbonyl (C=O) groups excluding carboxylic acids is 1. The molecule has 3 rings (SSSR count). The van der Waals surface area contributed by atoms with Crippen molar-refractivity contribution in [3.05, 3.63) is 52.3 Å². The van der Waals surface area contributed by atoms with E-state index in [1.165, 1.54) is 16.7 Å². The highest BCUT2D eigenvalue weighted by Gasteiger charge is 2.40. The summed E-state index contributed by atoms with van der Waals surface area (Å²) in [4.78, 5) is 12.3. The topological polar surface area (TPSA) is 59.0 Å². The molecule has 2 amide bonds. The molecule has 1 heterocycles. The molecule has 0 radical (unpaired) electrons. The second kappa shape index (κ2) is 6.90. The molecule has 5 nitrogen and oxygen atoms in total. The number of hydrogen-bond acceptors (Lipinski definition) is 2. The molecule has 1 fully saturated rings. The minimum atomic E-state index is -0.0761. The lowest BCUT2D eigenvalue weighted by Crippen LogP contribution is -2.43. The van der Waals surface area contributed by atoms with Crippen molar-refractivity contribution in [1.82, 2.24) is 20.4 Å². The predicted molar refractivity (Wildman–Crippen MR) is 99.8 cm³/mol. The number of aromatic nitrogens is 2. The van der Waals surface area contributed by atoms with Crippen molar-refractivity contribution in [2.24, 2.45) is 7.05 Å². The van der Waals surface area contributed by atoms with E-state index in [9.17, 15) is 4.79 Å². The molecule has 25 heavy (non-hydrogen) atoms. The number of urea groups is 1. The van der Waals surface area contributed by atoms with Crippen LogP contribution in [0.5, 0.6) is 0 Å². The molecule has 1 aliphatic carbocycles. The molecule has 1 saturated carbocycles. The van der Waals surface area contributed by atoms with Crippen LogP contribution in [0.3, 0.4) is 0 Å². The SMILES string of the molecule is Cc1ccccc1[C@@H]1C[C@H]1NC(=O)N[C@H](C)Cc1c(C)nn(C)c1C. The highest BCUT2D eigenvalue weighted by Crippen LogP contribution is 2.42. The third-order valence-corrected chi connectivity index (χ3v) is 5.24. The quantitative estimate of drug-likeness (QED) is 0.878. The van der Waals surface area contributed by atoms with E-state index >= 15 is 0 Å². The Hall–Kier alpha value is -2.30. The summed E-state index contributed by atoms with van der Waals surface area (Å²) < 4.78 is 1.90. The van der Waals surface area contributed by atoms with Gasteiger partial charge in [0.05, 0.1) is 5.69 Å². The van der Waals surface area contributed by atoms with Crippen LogP contribution in [0, 0.1) is 20.8 Å². The molecule has 2 N–H and O–H groups in total. The number of carbonyl (C=O) groups is 1. The van der Waals surface area contributed by atoms with Crippen LogP contribution < -0.4 is 10.6 Å². The molecule has 1 aromatic heterocycles. The monoisotopic (exact) mass is 340 g/mol. The van der Waals surface area contributed by atoms with Gasteiger partial charge in [-0.15, -0.1) is 0 Å². The summed E-state index contributed by atoms with van der Waals surface area (Å²) in [6.07, 6.45) is 1.82. The third kappa shape index (κ3) is 3.86. The van der Waals surface area contributed by atoms with Gasteiger partial charge in [0.25, 0.3) is 0 Å². The van der Waals surface area contributed by atoms with E-state index in [4.69, 9.17) is 0 Å². The molecule has 0 unspecified atom stereocenters. The summed E-state index contributed by atoms with van der Waals surface area (Å²) in [5.41, 5.74) is 6.07. The maximum atomic E-state index is 12.3. The Labute approximate surface area is 149 Å². The van der Waals surface area contributed by atoms with Crippen molar-refractivity contribution >= 4 is 6.03 Å². The molecule has 134 valence electrons. The van der Waals surface area contributed by atoms with Crippen molar-refractivity contribution in [2.75, 3.05) is 0 Å². The van der Waals surface area contributed by atoms with Crippen LogP contribution in [0.15, 0.2) is 24.3 Å². The Morgan fingerprint density at radius 2 is 2.04 bits per heavy atom. The van der Waals surface area contributed by atoms with E-state index in [2.05, 4.69) is 53.8 Å². The van der Waals surface area contributed by atoms with Crippen molar-refractivity contribution in [2.45, 2.75) is 58.5 Å². The van der Waals surface area contributed by atoms with Gasteiger partial charge < -0.3 is 10.6 Å². The number of hydrogen-bond donors (Lipinski definition) is 2. The summed E-state index contributed by atoms with van der Waals surface area (Å²) >= 11 is 0. The van der Waals surface area contributed by atoms with Gasteiger partial charge in [0.15, 0.2) is 0 Å². The lowest BCUT2D eigenvalue weighted by atomic mass is 10.0. The second-order valence-electron chi connectivity index (χ2n) is 7.30. The highest BCUT2D eigenvalue weighted by molar-refractivity contribution is 5.75. The van der Waals surface area contributed by atoms with Gasteiger partial charge in [-0.1, -0.05) is 24.3 Å². The zero-order valence-electron chi connectivity index (χ0n) is 15.8. The normalized spacial score (nSPS) is 20.2. The van der Waals surface area contributed by atoms with Crippen LogP contribution in [0.4, 0.5) is 4.79 Å². The molecule has 1 aromatic carbocycles. The number of nitrogens with zero attached hydrogens (tertiary/aromatic N) is 2. The summed E-state index contributed by atoms with van der Waals surface area (Å²) in [5, 5.41) is 10.6. The minimum Gasteiger partial charge on any atom is -0.335 e. The van der Waals surface area contributed by atoms with Crippen LogP contribution in [-0.2, 0) is 13.5 Å². The highest BCUT2D eigenvalue weighted by atomic mass is 16.2. The third-order valence-electron chi connectivity index (χ3n) is 5.24. The first-order valence-corrected chi connectivity index (χ1v) is 8.98. The molecule has 3 atom stereocenters. The average Bonchev–Trinajstić information content (AvgIpc) is 3.25. The van der Waals surface area contributed by atoms with Crippen LogP contribution in [-0.4, -0.2) is 27.9 Å². The van der Waals surface area contributed by atoms with Gasteiger partial charge in [0, 0.05) is 30.7 Å². The van der Waals surface area contributed by atoms with Crippen molar-refractivity contribution in [3.8, 4) is 0 Å². The molecule has 0 saturated heterocycles. The second-order valence-corrected chi connectivity index (χ2v) is 7.30. The summed E-state index contributed by atoms with van der Waals surface area (Å²) in [6, 6.07) is 8.65. The minimum absolute atomic E-state index is 0.0669. The number of nitrogens with one attached hydrogen (secondary N) is 2. The van der Waals surface area contributed by atoms with Gasteiger partial charge in [-0.2, -0.15) is 5.10 Å². The molecule has 0 spiro atoms. The maximum Gasteiger partial charge on any atom is 0.315 e. The first-order chi connectivity index (χ1) is 11.9. The summed E-state index contributed by atoms with van der Waals surface area (Å²) in [5.74, 6) is 0.449. The molecule has 0 aliphatic heterocycles. The Balaban J connectivity index is 1.51. The Morgan fingerprint density at radius 1 is 1.32 bits per heavy atom. The largest absolute Gasteiger partial charge is 0.335 e. The van der Waals surface area contributed by atoms with Crippen LogP contribution in [0.25, 0.3) is 0 Å². The van der Waals surface area contributed by atoms with Crippen molar-refractivity contribution in [1.29, 1.82) is 0 Å². The lowest BCUT2D eigenvalue weighted by Gasteiger charge is -2.15. The summed E-state index contributed by atoms with van der Waals surface area (Å²) in [6.45, 7) is 8.26. The van der Waals surface area contributed by atoms with Crippen molar-refractivity contribution in [3.63, 3.8) is 0 Å². The molecule has 5 heteroatoms. The van der Waals surface area contributed by atoms with Gasteiger partial charge in [-0.05, 0) is 57.2 Å². The smallest absolute Gasteiger partial charge is 0.315 e. The molecule has 0 bridgehead atoms. The molecular formula is C20H28N4O. The standard InChI is InChI=1S/C20H28N4O/c1-12-8-6-7-9-16(12)18-11-19(18)22-20(25)21-13(2)10-17-14(3)23-24(5)15(17)4/h6-9,13,18-19H,10-11H2,1-5H3,(H2,21,22,25)/t13-,18+,19-/m1/s1. The van der Waals surface area contributed by atoms with E-state index in [0.29, 0.717) is 5.92 Å². The number of benzene rings is 1. The Kier molecular flexibility index (Phi) is 4.84. The number of amides is 2. The van der Waals surface area contributed by atoms with E-state index in [-0.39, 0.29) is 18.1 Å². The maximum absolute atomic E-state index is 12.3. The summed E-state index contributed by atoms with van der Waals surface area (Å²) in [7, 11) is 1.95. The van der Waals surface area contributed by atoms with Gasteiger partial charge in [0.2, 0.25) is 0 Å². The number of aryl methyl sites for hydroxylation is 3. The fourth-order valence-corrected chi connectivity index (χ4v) is 3.61. The average molecular weight is 340 g/mol. The first kappa shape index (κ1) is 17.5. The lowest BCUT2D eigenvalue weighted by molar-refractivity contribution is 0.237. The van der Waals surface area contributed by atoms with Gasteiger partial charge in [0.1, 0.15) is 0 Å². The fraction of sp³-hybridized carbons (Fsp3) is 0.500. The van der Waals surface area contributed by atoms with E-state index in [0.717, 1.165) is 24.2 Å². The zero-order chi connectivity index (χ0) is 18.1. The first-order valence-electron chi connectivity index (χ1n) is 8.98. The van der Waals surface area contributed by atoms with E-state index < -0.39 is 0 Å². The van der Waals surface area contributed by atoms with E-state index in [1.807, 2.05) is 25.6 Å². The van der Waals surface area contributed by atoms with Gasteiger partial charge in [-0.3, -0.25) is 4.68 Å².